The van der Waals surface area contributed by atoms with Crippen molar-refractivity contribution in [1.29, 1.82) is 0 Å². The van der Waals surface area contributed by atoms with E-state index in [1.54, 1.807) is 7.11 Å². The number of aryl methyl sites for hydroxylation is 1. The maximum absolute atomic E-state index is 12.0. The Hall–Kier alpha value is -1.67. The lowest BCUT2D eigenvalue weighted by Gasteiger charge is -2.23. The highest BCUT2D eigenvalue weighted by atomic mass is 16.7. The SMILES string of the molecule is CC.COc1c(C)cccc1CN1OC(CO)[C@@]2(N)COC(=O)[C@@H]12. The highest BCUT2D eigenvalue weighted by molar-refractivity contribution is 5.80. The number of ether oxygens (including phenoxy) is 2. The molecule has 0 spiro atoms. The fourth-order valence-electron chi connectivity index (χ4n) is 3.18. The van der Waals surface area contributed by atoms with Gasteiger partial charge < -0.3 is 20.3 Å². The zero-order valence-electron chi connectivity index (χ0n) is 14.6. The third-order valence-electron chi connectivity index (χ3n) is 4.34. The highest BCUT2D eigenvalue weighted by Gasteiger charge is 2.62. The number of cyclic esters (lactones) is 1. The van der Waals surface area contributed by atoms with E-state index in [0.29, 0.717) is 6.54 Å². The summed E-state index contributed by atoms with van der Waals surface area (Å²) in [4.78, 5) is 17.7. The molecule has 0 aromatic heterocycles. The molecule has 0 amide bonds. The summed E-state index contributed by atoms with van der Waals surface area (Å²) in [5.74, 6) is 0.317. The van der Waals surface area contributed by atoms with Crippen molar-refractivity contribution in [3.05, 3.63) is 29.3 Å². The van der Waals surface area contributed by atoms with Gasteiger partial charge in [-0.2, -0.15) is 5.06 Å². The van der Waals surface area contributed by atoms with Crippen LogP contribution in [0.3, 0.4) is 0 Å². The van der Waals surface area contributed by atoms with Crippen LogP contribution < -0.4 is 10.5 Å². The van der Waals surface area contributed by atoms with Crippen LogP contribution >= 0.6 is 0 Å². The molecule has 2 fully saturated rings. The number of aliphatic hydroxyl groups is 1. The van der Waals surface area contributed by atoms with Gasteiger partial charge >= 0.3 is 5.97 Å². The zero-order valence-corrected chi connectivity index (χ0v) is 14.6. The van der Waals surface area contributed by atoms with Crippen LogP contribution in [0.25, 0.3) is 0 Å². The van der Waals surface area contributed by atoms with Gasteiger partial charge in [-0.25, -0.2) is 0 Å². The number of nitrogens with two attached hydrogens (primary N) is 1. The zero-order chi connectivity index (χ0) is 17.9. The van der Waals surface area contributed by atoms with Crippen LogP contribution in [-0.2, 0) is 20.9 Å². The van der Waals surface area contributed by atoms with Gasteiger partial charge in [0.05, 0.1) is 20.3 Å². The van der Waals surface area contributed by atoms with Gasteiger partial charge in [0, 0.05) is 5.56 Å². The molecule has 0 saturated carbocycles. The Bertz CT molecular complexity index is 594. The van der Waals surface area contributed by atoms with E-state index in [1.807, 2.05) is 39.0 Å². The maximum atomic E-state index is 12.0. The van der Waals surface area contributed by atoms with Gasteiger partial charge in [0.2, 0.25) is 0 Å². The van der Waals surface area contributed by atoms with Crippen molar-refractivity contribution in [2.75, 3.05) is 20.3 Å². The minimum atomic E-state index is -1.02. The highest BCUT2D eigenvalue weighted by Crippen LogP contribution is 2.37. The number of aliphatic hydroxyl groups excluding tert-OH is 1. The minimum Gasteiger partial charge on any atom is -0.496 e. The molecule has 7 nitrogen and oxygen atoms in total. The van der Waals surface area contributed by atoms with Gasteiger partial charge in [-0.05, 0) is 12.5 Å². The van der Waals surface area contributed by atoms with Crippen LogP contribution in [0.15, 0.2) is 18.2 Å². The Morgan fingerprint density at radius 3 is 2.79 bits per heavy atom. The van der Waals surface area contributed by atoms with E-state index in [4.69, 9.17) is 20.0 Å². The van der Waals surface area contributed by atoms with Gasteiger partial charge in [-0.3, -0.25) is 9.63 Å². The first-order valence-electron chi connectivity index (χ1n) is 8.13. The number of hydrogen-bond acceptors (Lipinski definition) is 7. The summed E-state index contributed by atoms with van der Waals surface area (Å²) in [5.41, 5.74) is 7.09. The molecular formula is C17H26N2O5. The second kappa shape index (κ2) is 7.48. The van der Waals surface area contributed by atoms with Crippen molar-refractivity contribution in [2.24, 2.45) is 5.73 Å². The topological polar surface area (TPSA) is 94.2 Å². The lowest BCUT2D eigenvalue weighted by atomic mass is 9.89. The molecule has 2 aliphatic heterocycles. The molecule has 1 aromatic rings. The van der Waals surface area contributed by atoms with E-state index < -0.39 is 23.7 Å². The summed E-state index contributed by atoms with van der Waals surface area (Å²) in [5, 5.41) is 11.0. The van der Waals surface area contributed by atoms with E-state index in [-0.39, 0.29) is 13.2 Å². The van der Waals surface area contributed by atoms with Crippen molar-refractivity contribution in [1.82, 2.24) is 5.06 Å². The van der Waals surface area contributed by atoms with E-state index in [1.165, 1.54) is 5.06 Å². The van der Waals surface area contributed by atoms with Crippen molar-refractivity contribution in [3.8, 4) is 5.75 Å². The van der Waals surface area contributed by atoms with Gasteiger partial charge in [0.1, 0.15) is 24.0 Å². The predicted octanol–water partition coefficient (Wildman–Crippen LogP) is 0.761. The van der Waals surface area contributed by atoms with E-state index >= 15 is 0 Å². The number of hydroxylamine groups is 2. The number of carbonyl (C=O) groups is 1. The van der Waals surface area contributed by atoms with E-state index in [2.05, 4.69) is 0 Å². The first kappa shape index (κ1) is 18.7. The Kier molecular flexibility index (Phi) is 5.82. The lowest BCUT2D eigenvalue weighted by molar-refractivity contribution is -0.193. The second-order valence-corrected chi connectivity index (χ2v) is 5.74. The first-order chi connectivity index (χ1) is 11.5. The Morgan fingerprint density at radius 2 is 2.17 bits per heavy atom. The number of fused-ring (bicyclic) bond motifs is 1. The first-order valence-corrected chi connectivity index (χ1v) is 8.13. The molecule has 3 N–H and O–H groups in total. The molecular weight excluding hydrogens is 312 g/mol. The van der Waals surface area contributed by atoms with Crippen molar-refractivity contribution < 1.29 is 24.2 Å². The summed E-state index contributed by atoms with van der Waals surface area (Å²) < 4.78 is 10.5. The molecule has 2 aliphatic rings. The normalized spacial score (nSPS) is 28.8. The third-order valence-corrected chi connectivity index (χ3v) is 4.34. The number of para-hydroxylation sites is 1. The quantitative estimate of drug-likeness (QED) is 0.783. The third kappa shape index (κ3) is 3.00. The van der Waals surface area contributed by atoms with Crippen LogP contribution in [0.1, 0.15) is 25.0 Å². The molecule has 3 atom stereocenters. The number of rotatable bonds is 4. The molecule has 24 heavy (non-hydrogen) atoms. The van der Waals surface area contributed by atoms with Crippen LogP contribution in [-0.4, -0.2) is 54.1 Å². The number of esters is 1. The van der Waals surface area contributed by atoms with E-state index in [0.717, 1.165) is 16.9 Å². The number of methoxy groups -OCH3 is 1. The van der Waals surface area contributed by atoms with Gasteiger partial charge in [0.15, 0.2) is 6.04 Å². The summed E-state index contributed by atoms with van der Waals surface area (Å²) in [6, 6.07) is 5.03. The molecule has 134 valence electrons. The fourth-order valence-corrected chi connectivity index (χ4v) is 3.18. The van der Waals surface area contributed by atoms with Crippen LogP contribution in [0.5, 0.6) is 5.75 Å². The molecule has 0 radical (unpaired) electrons. The predicted molar refractivity (Wildman–Crippen MR) is 88.2 cm³/mol. The van der Waals surface area contributed by atoms with Crippen molar-refractivity contribution in [2.45, 2.75) is 45.0 Å². The number of hydrogen-bond donors (Lipinski definition) is 2. The Labute approximate surface area is 142 Å². The van der Waals surface area contributed by atoms with Crippen LogP contribution in [0.4, 0.5) is 0 Å². The van der Waals surface area contributed by atoms with Crippen LogP contribution in [0.2, 0.25) is 0 Å². The monoisotopic (exact) mass is 338 g/mol. The van der Waals surface area contributed by atoms with E-state index in [9.17, 15) is 9.90 Å². The second-order valence-electron chi connectivity index (χ2n) is 5.74. The number of carbonyl (C=O) groups excluding carboxylic acids is 1. The molecule has 7 heteroatoms. The molecule has 0 bridgehead atoms. The lowest BCUT2D eigenvalue weighted by Crippen LogP contribution is -2.58. The summed E-state index contributed by atoms with van der Waals surface area (Å²) >= 11 is 0. The average molecular weight is 338 g/mol. The van der Waals surface area contributed by atoms with Crippen molar-refractivity contribution in [3.63, 3.8) is 0 Å². The molecule has 1 unspecified atom stereocenters. The fraction of sp³-hybridized carbons (Fsp3) is 0.588. The smallest absolute Gasteiger partial charge is 0.328 e. The molecule has 3 rings (SSSR count). The van der Waals surface area contributed by atoms with Gasteiger partial charge in [-0.15, -0.1) is 0 Å². The molecule has 2 saturated heterocycles. The average Bonchev–Trinajstić information content (AvgIpc) is 3.04. The number of nitrogens with zero attached hydrogens (tertiary/aromatic N) is 1. The summed E-state index contributed by atoms with van der Waals surface area (Å²) in [7, 11) is 1.60. The Balaban J connectivity index is 0.00000100. The number of benzene rings is 1. The van der Waals surface area contributed by atoms with Gasteiger partial charge in [-0.1, -0.05) is 32.0 Å². The van der Waals surface area contributed by atoms with Crippen LogP contribution in [0, 0.1) is 6.92 Å². The summed E-state index contributed by atoms with van der Waals surface area (Å²) in [6.45, 7) is 6.04. The molecule has 1 aromatic carbocycles. The standard InChI is InChI=1S/C15H20N2O5.C2H6/c1-9-4-3-5-10(12(9)20-2)6-17-13-14(19)21-8-15(13,16)11(7-18)22-17;1-2/h3-5,11,13,18H,6-8,16H2,1-2H3;1-2H3/t11?,13-,15+;/m1./s1. The van der Waals surface area contributed by atoms with Crippen molar-refractivity contribution >= 4 is 5.97 Å². The minimum absolute atomic E-state index is 0.0448. The molecule has 0 aliphatic carbocycles. The largest absolute Gasteiger partial charge is 0.496 e. The van der Waals surface area contributed by atoms with Gasteiger partial charge in [0.25, 0.3) is 0 Å². The summed E-state index contributed by atoms with van der Waals surface area (Å²) in [6.07, 6.45) is -0.667. The Morgan fingerprint density at radius 1 is 1.46 bits per heavy atom. The molecule has 2 heterocycles. The maximum Gasteiger partial charge on any atom is 0.328 e.